The molecule has 0 spiro atoms. The number of rotatable bonds is 6. The molecule has 0 heterocycles. The van der Waals surface area contributed by atoms with E-state index in [0.29, 0.717) is 28.2 Å². The zero-order valence-electron chi connectivity index (χ0n) is 15.1. The van der Waals surface area contributed by atoms with Gasteiger partial charge in [-0.25, -0.2) is 4.79 Å². The van der Waals surface area contributed by atoms with E-state index in [1.165, 1.54) is 13.2 Å². The number of benzene rings is 3. The minimum Gasteiger partial charge on any atom is -0.496 e. The molecule has 0 aliphatic rings. The Morgan fingerprint density at radius 2 is 1.50 bits per heavy atom. The van der Waals surface area contributed by atoms with Crippen molar-refractivity contribution in [2.24, 2.45) is 0 Å². The third kappa shape index (κ3) is 4.75. The molecule has 0 N–H and O–H groups in total. The summed E-state index contributed by atoms with van der Waals surface area (Å²) in [6, 6.07) is 21.0. The minimum absolute atomic E-state index is 0.140. The van der Waals surface area contributed by atoms with Crippen molar-refractivity contribution in [3.8, 4) is 11.5 Å². The summed E-state index contributed by atoms with van der Waals surface area (Å²) in [5.41, 5.74) is 1.52. The lowest BCUT2D eigenvalue weighted by Gasteiger charge is -2.10. The van der Waals surface area contributed by atoms with Gasteiger partial charge < -0.3 is 9.47 Å². The third-order valence-electron chi connectivity index (χ3n) is 3.99. The molecule has 28 heavy (non-hydrogen) atoms. The highest BCUT2D eigenvalue weighted by Crippen LogP contribution is 2.24. The van der Waals surface area contributed by atoms with Crippen LogP contribution < -0.4 is 9.47 Å². The number of ketones is 1. The molecule has 3 aromatic carbocycles. The molecule has 0 radical (unpaired) electrons. The van der Waals surface area contributed by atoms with Crippen LogP contribution in [0.25, 0.3) is 6.08 Å². The van der Waals surface area contributed by atoms with E-state index in [1.807, 2.05) is 18.2 Å². The molecule has 140 valence electrons. The van der Waals surface area contributed by atoms with E-state index in [9.17, 15) is 9.59 Å². The van der Waals surface area contributed by atoms with Gasteiger partial charge in [0.1, 0.15) is 17.1 Å². The summed E-state index contributed by atoms with van der Waals surface area (Å²) in [7, 11) is 1.50. The molecule has 0 fully saturated rings. The maximum Gasteiger partial charge on any atom is 0.347 e. The van der Waals surface area contributed by atoms with Crippen LogP contribution in [0.5, 0.6) is 11.5 Å². The molecule has 0 saturated heterocycles. The molecule has 4 nitrogen and oxygen atoms in total. The van der Waals surface area contributed by atoms with Crippen molar-refractivity contribution >= 4 is 33.8 Å². The molecule has 0 aliphatic carbocycles. The topological polar surface area (TPSA) is 52.6 Å². The number of para-hydroxylation sites is 2. The number of hydrogen-bond donors (Lipinski definition) is 0. The fraction of sp³-hybridized carbons (Fsp3) is 0.0435. The number of esters is 1. The van der Waals surface area contributed by atoms with E-state index in [1.54, 1.807) is 60.7 Å². The van der Waals surface area contributed by atoms with E-state index < -0.39 is 5.97 Å². The van der Waals surface area contributed by atoms with Crippen LogP contribution >= 0.6 is 15.9 Å². The first-order valence-corrected chi connectivity index (χ1v) is 9.30. The SMILES string of the molecule is COc1ccccc1C(=O)Oc1ccccc1/C=C/C(=O)c1ccc(Br)cc1. The van der Waals surface area contributed by atoms with E-state index >= 15 is 0 Å². The fourth-order valence-electron chi connectivity index (χ4n) is 2.56. The maximum absolute atomic E-state index is 12.5. The van der Waals surface area contributed by atoms with E-state index in [0.717, 1.165) is 4.47 Å². The molecule has 3 rings (SSSR count). The molecular weight excluding hydrogens is 420 g/mol. The van der Waals surface area contributed by atoms with Crippen LogP contribution in [0.15, 0.2) is 83.3 Å². The predicted octanol–water partition coefficient (Wildman–Crippen LogP) is 5.57. The minimum atomic E-state index is -0.530. The van der Waals surface area contributed by atoms with Crippen LogP contribution in [0.4, 0.5) is 0 Å². The Labute approximate surface area is 171 Å². The van der Waals surface area contributed by atoms with E-state index in [2.05, 4.69) is 15.9 Å². The fourth-order valence-corrected chi connectivity index (χ4v) is 2.82. The van der Waals surface area contributed by atoms with Gasteiger partial charge in [-0.05, 0) is 54.6 Å². The van der Waals surface area contributed by atoms with Crippen LogP contribution in [0.3, 0.4) is 0 Å². The summed E-state index contributed by atoms with van der Waals surface area (Å²) in [6.07, 6.45) is 3.09. The molecule has 5 heteroatoms. The Kier molecular flexibility index (Phi) is 6.40. The first-order chi connectivity index (χ1) is 13.6. The zero-order chi connectivity index (χ0) is 19.9. The Hall–Kier alpha value is -3.18. The molecule has 0 bridgehead atoms. The van der Waals surface area contributed by atoms with Crippen molar-refractivity contribution in [1.29, 1.82) is 0 Å². The van der Waals surface area contributed by atoms with Crippen LogP contribution in [0.1, 0.15) is 26.3 Å². The number of halogens is 1. The highest BCUT2D eigenvalue weighted by atomic mass is 79.9. The lowest BCUT2D eigenvalue weighted by Crippen LogP contribution is -2.10. The third-order valence-corrected chi connectivity index (χ3v) is 4.52. The first-order valence-electron chi connectivity index (χ1n) is 8.50. The van der Waals surface area contributed by atoms with Crippen LogP contribution in [0, 0.1) is 0 Å². The molecule has 0 amide bonds. The summed E-state index contributed by atoms with van der Waals surface area (Å²) in [5, 5.41) is 0. The second-order valence-corrected chi connectivity index (χ2v) is 6.75. The van der Waals surface area contributed by atoms with Gasteiger partial charge in [-0.15, -0.1) is 0 Å². The Balaban J connectivity index is 1.80. The van der Waals surface area contributed by atoms with Crippen LogP contribution in [-0.4, -0.2) is 18.9 Å². The Morgan fingerprint density at radius 3 is 2.21 bits per heavy atom. The average molecular weight is 437 g/mol. The highest BCUT2D eigenvalue weighted by molar-refractivity contribution is 9.10. The number of allylic oxidation sites excluding steroid dienone is 1. The summed E-state index contributed by atoms with van der Waals surface area (Å²) in [5.74, 6) is 0.125. The number of ether oxygens (including phenoxy) is 2. The largest absolute Gasteiger partial charge is 0.496 e. The van der Waals surface area contributed by atoms with Gasteiger partial charge in [0.2, 0.25) is 0 Å². The van der Waals surface area contributed by atoms with Crippen LogP contribution in [-0.2, 0) is 0 Å². The summed E-state index contributed by atoms with van der Waals surface area (Å²) >= 11 is 3.35. The van der Waals surface area contributed by atoms with Crippen molar-refractivity contribution in [3.05, 3.63) is 100 Å². The van der Waals surface area contributed by atoms with Gasteiger partial charge in [0.15, 0.2) is 5.78 Å². The standard InChI is InChI=1S/C23H17BrO4/c1-27-22-9-5-3-7-19(22)23(26)28-21-8-4-2-6-17(21)12-15-20(25)16-10-13-18(24)14-11-16/h2-15H,1H3/b15-12+. The average Bonchev–Trinajstić information content (AvgIpc) is 2.73. The van der Waals surface area contributed by atoms with Crippen molar-refractivity contribution in [1.82, 2.24) is 0 Å². The number of carbonyl (C=O) groups is 2. The number of methoxy groups -OCH3 is 1. The van der Waals surface area contributed by atoms with Gasteiger partial charge in [0, 0.05) is 15.6 Å². The molecule has 0 unspecified atom stereocenters. The second kappa shape index (κ2) is 9.15. The summed E-state index contributed by atoms with van der Waals surface area (Å²) < 4.78 is 11.7. The maximum atomic E-state index is 12.5. The molecule has 0 saturated carbocycles. The predicted molar refractivity (Wildman–Crippen MR) is 112 cm³/mol. The number of carbonyl (C=O) groups excluding carboxylic acids is 2. The zero-order valence-corrected chi connectivity index (χ0v) is 16.7. The summed E-state index contributed by atoms with van der Waals surface area (Å²) in [4.78, 5) is 24.9. The van der Waals surface area contributed by atoms with Gasteiger partial charge in [0.05, 0.1) is 7.11 Å². The Morgan fingerprint density at radius 1 is 0.857 bits per heavy atom. The quantitative estimate of drug-likeness (QED) is 0.219. The molecular formula is C23H17BrO4. The van der Waals surface area contributed by atoms with Gasteiger partial charge in [0.25, 0.3) is 0 Å². The first kappa shape index (κ1) is 19.6. The smallest absolute Gasteiger partial charge is 0.347 e. The van der Waals surface area contributed by atoms with E-state index in [-0.39, 0.29) is 5.78 Å². The number of hydrogen-bond acceptors (Lipinski definition) is 4. The molecule has 0 atom stereocenters. The summed E-state index contributed by atoms with van der Waals surface area (Å²) in [6.45, 7) is 0. The van der Waals surface area contributed by atoms with Gasteiger partial charge in [-0.1, -0.05) is 46.3 Å². The molecule has 0 aromatic heterocycles. The normalized spacial score (nSPS) is 10.6. The van der Waals surface area contributed by atoms with Gasteiger partial charge in [-0.3, -0.25) is 4.79 Å². The molecule has 0 aliphatic heterocycles. The lowest BCUT2D eigenvalue weighted by atomic mass is 10.1. The van der Waals surface area contributed by atoms with Crippen LogP contribution in [0.2, 0.25) is 0 Å². The highest BCUT2D eigenvalue weighted by Gasteiger charge is 2.15. The van der Waals surface area contributed by atoms with E-state index in [4.69, 9.17) is 9.47 Å². The van der Waals surface area contributed by atoms with Crippen molar-refractivity contribution < 1.29 is 19.1 Å². The lowest BCUT2D eigenvalue weighted by molar-refractivity contribution is 0.0730. The molecule has 3 aromatic rings. The van der Waals surface area contributed by atoms with Crippen molar-refractivity contribution in [3.63, 3.8) is 0 Å². The van der Waals surface area contributed by atoms with Crippen molar-refractivity contribution in [2.45, 2.75) is 0 Å². The van der Waals surface area contributed by atoms with Gasteiger partial charge in [-0.2, -0.15) is 0 Å². The van der Waals surface area contributed by atoms with Crippen molar-refractivity contribution in [2.75, 3.05) is 7.11 Å². The Bertz CT molecular complexity index is 1020. The second-order valence-electron chi connectivity index (χ2n) is 5.83. The van der Waals surface area contributed by atoms with Gasteiger partial charge >= 0.3 is 5.97 Å². The monoisotopic (exact) mass is 436 g/mol.